The fraction of sp³-hybridized carbons (Fsp3) is 0.647. The first-order valence-corrected chi connectivity index (χ1v) is 8.04. The summed E-state index contributed by atoms with van der Waals surface area (Å²) in [5.74, 6) is 1.65. The molecule has 2 heteroatoms. The zero-order valence-corrected chi connectivity index (χ0v) is 12.9. The molecule has 0 bridgehead atoms. The van der Waals surface area contributed by atoms with Crippen LogP contribution in [0.15, 0.2) is 24.3 Å². The van der Waals surface area contributed by atoms with E-state index in [1.165, 1.54) is 37.7 Å². The summed E-state index contributed by atoms with van der Waals surface area (Å²) in [6.45, 7) is 5.79. The third kappa shape index (κ3) is 4.50. The molecule has 3 atom stereocenters. The Hall–Kier alpha value is -0.530. The topological polar surface area (TPSA) is 12.0 Å². The van der Waals surface area contributed by atoms with Crippen LogP contribution in [0.2, 0.25) is 5.02 Å². The quantitative estimate of drug-likeness (QED) is 0.825. The first-order valence-electron chi connectivity index (χ1n) is 7.67. The first kappa shape index (κ1) is 14.9. The van der Waals surface area contributed by atoms with Gasteiger partial charge in [-0.3, -0.25) is 0 Å². The van der Waals surface area contributed by atoms with Gasteiger partial charge in [0.15, 0.2) is 0 Å². The summed E-state index contributed by atoms with van der Waals surface area (Å²) in [4.78, 5) is 0. The highest BCUT2D eigenvalue weighted by molar-refractivity contribution is 6.30. The van der Waals surface area contributed by atoms with Crippen molar-refractivity contribution >= 4 is 11.6 Å². The maximum atomic E-state index is 5.96. The Kier molecular flexibility index (Phi) is 5.72. The van der Waals surface area contributed by atoms with E-state index in [4.69, 9.17) is 11.6 Å². The van der Waals surface area contributed by atoms with E-state index >= 15 is 0 Å². The Balaban J connectivity index is 1.98. The average Bonchev–Trinajstić information content (AvgIpc) is 2.40. The van der Waals surface area contributed by atoms with Gasteiger partial charge in [-0.15, -0.1) is 0 Å². The second-order valence-corrected chi connectivity index (χ2v) is 6.51. The second-order valence-electron chi connectivity index (χ2n) is 6.07. The predicted molar refractivity (Wildman–Crippen MR) is 83.7 cm³/mol. The van der Waals surface area contributed by atoms with Crippen molar-refractivity contribution in [3.05, 3.63) is 34.9 Å². The molecule has 2 rings (SSSR count). The van der Waals surface area contributed by atoms with Gasteiger partial charge in [-0.25, -0.2) is 0 Å². The van der Waals surface area contributed by atoms with Gasteiger partial charge >= 0.3 is 0 Å². The normalized spacial score (nSPS) is 27.4. The lowest BCUT2D eigenvalue weighted by Gasteiger charge is -2.35. The van der Waals surface area contributed by atoms with Crippen molar-refractivity contribution in [3.8, 4) is 0 Å². The van der Waals surface area contributed by atoms with Gasteiger partial charge in [0.2, 0.25) is 0 Å². The summed E-state index contributed by atoms with van der Waals surface area (Å²) < 4.78 is 0. The van der Waals surface area contributed by atoms with Gasteiger partial charge in [-0.1, -0.05) is 37.6 Å². The van der Waals surface area contributed by atoms with Crippen LogP contribution in [0.1, 0.15) is 45.1 Å². The number of hydrogen-bond acceptors (Lipinski definition) is 1. The van der Waals surface area contributed by atoms with E-state index in [1.54, 1.807) is 0 Å². The molecule has 0 spiro atoms. The zero-order valence-electron chi connectivity index (χ0n) is 12.2. The Morgan fingerprint density at radius 2 is 1.95 bits per heavy atom. The Morgan fingerprint density at radius 1 is 1.21 bits per heavy atom. The van der Waals surface area contributed by atoms with Gasteiger partial charge in [-0.05, 0) is 68.2 Å². The maximum Gasteiger partial charge on any atom is 0.0406 e. The lowest BCUT2D eigenvalue weighted by atomic mass is 9.76. The summed E-state index contributed by atoms with van der Waals surface area (Å²) in [5, 5.41) is 4.58. The summed E-state index contributed by atoms with van der Waals surface area (Å²) in [5.41, 5.74) is 1.42. The van der Waals surface area contributed by atoms with Gasteiger partial charge < -0.3 is 5.32 Å². The van der Waals surface area contributed by atoms with Crippen LogP contribution in [0, 0.1) is 11.8 Å². The fourth-order valence-corrected chi connectivity index (χ4v) is 3.37. The first-order chi connectivity index (χ1) is 9.19. The average molecular weight is 280 g/mol. The molecule has 3 unspecified atom stereocenters. The largest absolute Gasteiger partial charge is 0.314 e. The van der Waals surface area contributed by atoms with Gasteiger partial charge in [0.25, 0.3) is 0 Å². The molecule has 0 heterocycles. The van der Waals surface area contributed by atoms with Crippen LogP contribution < -0.4 is 5.32 Å². The smallest absolute Gasteiger partial charge is 0.0406 e. The second kappa shape index (κ2) is 7.31. The van der Waals surface area contributed by atoms with E-state index in [2.05, 4.69) is 31.3 Å². The van der Waals surface area contributed by atoms with E-state index in [9.17, 15) is 0 Å². The molecule has 1 nitrogen and oxygen atoms in total. The van der Waals surface area contributed by atoms with E-state index in [1.807, 2.05) is 12.1 Å². The molecule has 0 amide bonds. The van der Waals surface area contributed by atoms with Crippen molar-refractivity contribution < 1.29 is 0 Å². The highest BCUT2D eigenvalue weighted by Gasteiger charge is 2.28. The fourth-order valence-electron chi connectivity index (χ4n) is 3.25. The molecular formula is C17H26ClN. The molecule has 1 aliphatic rings. The van der Waals surface area contributed by atoms with E-state index in [0.717, 1.165) is 23.4 Å². The van der Waals surface area contributed by atoms with E-state index < -0.39 is 0 Å². The van der Waals surface area contributed by atoms with E-state index in [0.29, 0.717) is 6.04 Å². The molecule has 0 aromatic heterocycles. The standard InChI is InChI=1S/C17H26ClN/c1-3-10-19-17-9-4-13(2)11-15(17)12-14-5-7-16(18)8-6-14/h5-8,13,15,17,19H,3-4,9-12H2,1-2H3. The highest BCUT2D eigenvalue weighted by Crippen LogP contribution is 2.31. The van der Waals surface area contributed by atoms with Crippen molar-refractivity contribution in [3.63, 3.8) is 0 Å². The zero-order chi connectivity index (χ0) is 13.7. The minimum Gasteiger partial charge on any atom is -0.314 e. The van der Waals surface area contributed by atoms with Crippen molar-refractivity contribution in [2.75, 3.05) is 6.54 Å². The minimum absolute atomic E-state index is 0.701. The molecule has 1 aromatic rings. The van der Waals surface area contributed by atoms with Gasteiger partial charge in [0, 0.05) is 11.1 Å². The molecule has 1 fully saturated rings. The number of benzene rings is 1. The van der Waals surface area contributed by atoms with Crippen LogP contribution in [-0.2, 0) is 6.42 Å². The number of hydrogen-bond donors (Lipinski definition) is 1. The highest BCUT2D eigenvalue weighted by atomic mass is 35.5. The van der Waals surface area contributed by atoms with Gasteiger partial charge in [-0.2, -0.15) is 0 Å². The van der Waals surface area contributed by atoms with Gasteiger partial charge in [0.1, 0.15) is 0 Å². The van der Waals surface area contributed by atoms with Crippen molar-refractivity contribution in [1.82, 2.24) is 5.32 Å². The molecule has 0 radical (unpaired) electrons. The molecular weight excluding hydrogens is 254 g/mol. The van der Waals surface area contributed by atoms with Crippen LogP contribution in [0.3, 0.4) is 0 Å². The monoisotopic (exact) mass is 279 g/mol. The maximum absolute atomic E-state index is 5.96. The van der Waals surface area contributed by atoms with Crippen LogP contribution in [0.4, 0.5) is 0 Å². The molecule has 0 aliphatic heterocycles. The number of nitrogens with one attached hydrogen (secondary N) is 1. The van der Waals surface area contributed by atoms with Crippen LogP contribution >= 0.6 is 11.6 Å². The van der Waals surface area contributed by atoms with Gasteiger partial charge in [0.05, 0.1) is 0 Å². The minimum atomic E-state index is 0.701. The summed E-state index contributed by atoms with van der Waals surface area (Å²) in [6, 6.07) is 9.08. The molecule has 1 aliphatic carbocycles. The Labute approximate surface area is 122 Å². The van der Waals surface area contributed by atoms with Crippen LogP contribution in [-0.4, -0.2) is 12.6 Å². The molecule has 1 aromatic carbocycles. The Bertz CT molecular complexity index is 371. The van der Waals surface area contributed by atoms with Crippen molar-refractivity contribution in [1.29, 1.82) is 0 Å². The lowest BCUT2D eigenvalue weighted by molar-refractivity contribution is 0.212. The molecule has 0 saturated heterocycles. The molecule has 19 heavy (non-hydrogen) atoms. The third-order valence-electron chi connectivity index (χ3n) is 4.31. The summed E-state index contributed by atoms with van der Waals surface area (Å²) in [7, 11) is 0. The van der Waals surface area contributed by atoms with E-state index in [-0.39, 0.29) is 0 Å². The lowest BCUT2D eigenvalue weighted by Crippen LogP contribution is -2.41. The van der Waals surface area contributed by atoms with Crippen LogP contribution in [0.25, 0.3) is 0 Å². The van der Waals surface area contributed by atoms with Crippen LogP contribution in [0.5, 0.6) is 0 Å². The Morgan fingerprint density at radius 3 is 2.63 bits per heavy atom. The predicted octanol–water partition coefficient (Wildman–Crippen LogP) is 4.69. The number of halogens is 1. The molecule has 106 valence electrons. The summed E-state index contributed by atoms with van der Waals surface area (Å²) >= 11 is 5.96. The third-order valence-corrected chi connectivity index (χ3v) is 4.56. The molecule has 1 saturated carbocycles. The van der Waals surface area contributed by atoms with Crippen molar-refractivity contribution in [2.45, 2.75) is 52.0 Å². The summed E-state index contributed by atoms with van der Waals surface area (Å²) in [6.07, 6.45) is 6.46. The SMILES string of the molecule is CCCNC1CCC(C)CC1Cc1ccc(Cl)cc1. The van der Waals surface area contributed by atoms with Crippen molar-refractivity contribution in [2.24, 2.45) is 11.8 Å². The number of rotatable bonds is 5. The molecule has 1 N–H and O–H groups in total.